The summed E-state index contributed by atoms with van der Waals surface area (Å²) in [6.45, 7) is 7.05. The maximum Gasteiger partial charge on any atom is 0.344 e. The third-order valence-electron chi connectivity index (χ3n) is 5.25. The van der Waals surface area contributed by atoms with Crippen molar-refractivity contribution in [3.8, 4) is 11.5 Å². The molecule has 0 fully saturated rings. The average molecular weight is 601 g/mol. The van der Waals surface area contributed by atoms with Gasteiger partial charge in [0.15, 0.2) is 36.5 Å². The predicted molar refractivity (Wildman–Crippen MR) is 154 cm³/mol. The van der Waals surface area contributed by atoms with Gasteiger partial charge < -0.3 is 40.4 Å². The lowest BCUT2D eigenvalue weighted by Crippen LogP contribution is -2.30. The van der Waals surface area contributed by atoms with Gasteiger partial charge >= 0.3 is 11.9 Å². The Kier molecular flexibility index (Phi) is 12.5. The maximum absolute atomic E-state index is 13.1. The summed E-state index contributed by atoms with van der Waals surface area (Å²) in [5, 5.41) is 7.42. The maximum atomic E-state index is 13.1. The molecule has 43 heavy (non-hydrogen) atoms. The molecular formula is C29H36N4O10. The number of amides is 1. The monoisotopic (exact) mass is 600 g/mol. The molecule has 2 aromatic rings. The van der Waals surface area contributed by atoms with Crippen LogP contribution in [0.5, 0.6) is 11.5 Å². The van der Waals surface area contributed by atoms with Gasteiger partial charge in [0.2, 0.25) is 0 Å². The molecule has 14 heteroatoms. The molecule has 0 aromatic heterocycles. The second kappa shape index (κ2) is 15.7. The van der Waals surface area contributed by atoms with Crippen LogP contribution in [0.15, 0.2) is 41.4 Å². The number of carboxylic acid groups (broad SMARTS) is 1. The molecule has 0 saturated carbocycles. The van der Waals surface area contributed by atoms with E-state index in [1.807, 2.05) is 0 Å². The number of carboxylic acids is 1. The molecule has 5 N–H and O–H groups in total. The molecule has 3 rings (SSSR count). The van der Waals surface area contributed by atoms with Crippen LogP contribution >= 0.6 is 0 Å². The second-order valence-corrected chi connectivity index (χ2v) is 9.80. The van der Waals surface area contributed by atoms with Crippen molar-refractivity contribution in [2.24, 2.45) is 16.5 Å². The number of aliphatic imine (C=N–C) groups is 1. The number of ether oxygens (including phenoxy) is 4. The molecule has 1 aliphatic rings. The number of esters is 2. The molecule has 1 heterocycles. The summed E-state index contributed by atoms with van der Waals surface area (Å²) in [6.07, 6.45) is -0.659. The number of fused-ring (bicyclic) bond motifs is 1. The number of benzene rings is 2. The minimum absolute atomic E-state index is 0.0526. The molecule has 0 unspecified atom stereocenters. The highest BCUT2D eigenvalue weighted by Crippen LogP contribution is 2.30. The van der Waals surface area contributed by atoms with Gasteiger partial charge in [-0.1, -0.05) is 0 Å². The van der Waals surface area contributed by atoms with Crippen LogP contribution in [-0.4, -0.2) is 77.5 Å². The van der Waals surface area contributed by atoms with E-state index in [4.69, 9.17) is 40.3 Å². The number of rotatable bonds is 12. The molecule has 0 bridgehead atoms. The topological polar surface area (TPSA) is 210 Å². The standard InChI is InChI=1S/C27H32N4O8.C2H4O2/c1-15(2)38-24(33)13-36-22-8-5-17(10-23(22)37-14-25(34)39-16(3)4)21(32)12-31-11-18-9-19(30-27(28)29)6-7-20(18)26(31)35;1-2(3)4/h5-10,15-16H,11-14H2,1-4H3,(H4,28,29,30);1H3,(H,3,4). The van der Waals surface area contributed by atoms with Crippen molar-refractivity contribution in [2.75, 3.05) is 19.8 Å². The summed E-state index contributed by atoms with van der Waals surface area (Å²) >= 11 is 0. The van der Waals surface area contributed by atoms with Crippen molar-refractivity contribution in [1.29, 1.82) is 0 Å². The average Bonchev–Trinajstić information content (AvgIpc) is 3.19. The highest BCUT2D eigenvalue weighted by molar-refractivity contribution is 6.04. The van der Waals surface area contributed by atoms with Crippen molar-refractivity contribution in [3.63, 3.8) is 0 Å². The third kappa shape index (κ3) is 11.3. The van der Waals surface area contributed by atoms with Crippen molar-refractivity contribution in [2.45, 2.75) is 53.4 Å². The van der Waals surface area contributed by atoms with E-state index in [0.29, 0.717) is 16.8 Å². The summed E-state index contributed by atoms with van der Waals surface area (Å²) in [4.78, 5) is 64.3. The fourth-order valence-electron chi connectivity index (χ4n) is 3.76. The normalized spacial score (nSPS) is 11.7. The Balaban J connectivity index is 0.00000151. The molecule has 232 valence electrons. The molecule has 0 aliphatic carbocycles. The largest absolute Gasteiger partial charge is 0.481 e. The van der Waals surface area contributed by atoms with Gasteiger partial charge in [-0.25, -0.2) is 14.6 Å². The van der Waals surface area contributed by atoms with Crippen molar-refractivity contribution >= 4 is 41.2 Å². The number of Topliss-reactive ketones (excluding diaryl/α,β-unsaturated/α-hetero) is 1. The summed E-state index contributed by atoms with van der Waals surface area (Å²) in [5.74, 6) is -2.64. The number of ketones is 1. The molecule has 0 spiro atoms. The molecule has 1 amide bonds. The molecule has 1 aliphatic heterocycles. The van der Waals surface area contributed by atoms with Gasteiger partial charge in [0.25, 0.3) is 11.9 Å². The zero-order chi connectivity index (χ0) is 32.3. The number of nitrogens with zero attached hydrogens (tertiary/aromatic N) is 2. The lowest BCUT2D eigenvalue weighted by molar-refractivity contribution is -0.151. The first kappa shape index (κ1) is 34.1. The van der Waals surface area contributed by atoms with Crippen LogP contribution in [0.25, 0.3) is 0 Å². The Morgan fingerprint density at radius 2 is 1.47 bits per heavy atom. The van der Waals surface area contributed by atoms with Gasteiger partial charge in [0.05, 0.1) is 24.4 Å². The highest BCUT2D eigenvalue weighted by Gasteiger charge is 2.29. The molecule has 2 aromatic carbocycles. The molecule has 0 atom stereocenters. The van der Waals surface area contributed by atoms with Gasteiger partial charge in [-0.3, -0.25) is 14.4 Å². The molecule has 14 nitrogen and oxygen atoms in total. The number of hydrogen-bond acceptors (Lipinski definition) is 10. The van der Waals surface area contributed by atoms with Crippen molar-refractivity contribution in [3.05, 3.63) is 53.1 Å². The summed E-state index contributed by atoms with van der Waals surface area (Å²) in [7, 11) is 0. The van der Waals surface area contributed by atoms with Crippen LogP contribution in [0.2, 0.25) is 0 Å². The van der Waals surface area contributed by atoms with E-state index in [2.05, 4.69) is 4.99 Å². The zero-order valence-corrected chi connectivity index (χ0v) is 24.6. The molecular weight excluding hydrogens is 564 g/mol. The van der Waals surface area contributed by atoms with Crippen LogP contribution in [0.1, 0.15) is 60.9 Å². The van der Waals surface area contributed by atoms with Gasteiger partial charge in [-0.2, -0.15) is 0 Å². The lowest BCUT2D eigenvalue weighted by Gasteiger charge is -2.17. The predicted octanol–water partition coefficient (Wildman–Crippen LogP) is 2.18. The minimum Gasteiger partial charge on any atom is -0.481 e. The van der Waals surface area contributed by atoms with Gasteiger partial charge in [-0.15, -0.1) is 0 Å². The van der Waals surface area contributed by atoms with Crippen LogP contribution in [0.4, 0.5) is 5.69 Å². The SMILES string of the molecule is CC(=O)O.CC(C)OC(=O)COc1ccc(C(=O)CN2Cc3cc(N=C(N)N)ccc3C2=O)cc1OCC(=O)OC(C)C. The van der Waals surface area contributed by atoms with Crippen LogP contribution < -0.4 is 20.9 Å². The number of nitrogens with two attached hydrogens (primary N) is 2. The first-order valence-electron chi connectivity index (χ1n) is 13.2. The van der Waals surface area contributed by atoms with Crippen LogP contribution in [0, 0.1) is 0 Å². The van der Waals surface area contributed by atoms with Crippen LogP contribution in [-0.2, 0) is 30.4 Å². The van der Waals surface area contributed by atoms with Crippen molar-refractivity contribution in [1.82, 2.24) is 4.90 Å². The quantitative estimate of drug-likeness (QED) is 0.138. The lowest BCUT2D eigenvalue weighted by atomic mass is 10.1. The van der Waals surface area contributed by atoms with E-state index in [1.54, 1.807) is 45.9 Å². The second-order valence-electron chi connectivity index (χ2n) is 9.80. The van der Waals surface area contributed by atoms with E-state index in [1.165, 1.54) is 23.1 Å². The van der Waals surface area contributed by atoms with E-state index in [0.717, 1.165) is 6.92 Å². The number of guanidine groups is 1. The smallest absolute Gasteiger partial charge is 0.344 e. The minimum atomic E-state index is -0.833. The van der Waals surface area contributed by atoms with Gasteiger partial charge in [0, 0.05) is 24.6 Å². The molecule has 0 saturated heterocycles. The van der Waals surface area contributed by atoms with E-state index in [9.17, 15) is 19.2 Å². The van der Waals surface area contributed by atoms with E-state index >= 15 is 0 Å². The number of hydrogen-bond donors (Lipinski definition) is 3. The Bertz CT molecular complexity index is 1380. The van der Waals surface area contributed by atoms with Crippen molar-refractivity contribution < 1.29 is 48.0 Å². The number of carbonyl (C=O) groups excluding carboxylic acids is 4. The van der Waals surface area contributed by atoms with E-state index < -0.39 is 31.1 Å². The Morgan fingerprint density at radius 1 is 0.907 bits per heavy atom. The first-order valence-corrected chi connectivity index (χ1v) is 13.2. The Hall–Kier alpha value is -5.14. The van der Waals surface area contributed by atoms with Gasteiger partial charge in [-0.05, 0) is 69.7 Å². The van der Waals surface area contributed by atoms with E-state index in [-0.39, 0.29) is 60.0 Å². The Labute approximate surface area is 248 Å². The highest BCUT2D eigenvalue weighted by atomic mass is 16.6. The number of carbonyl (C=O) groups is 5. The zero-order valence-electron chi connectivity index (χ0n) is 24.6. The molecule has 0 radical (unpaired) electrons. The number of aliphatic carboxylic acids is 1. The first-order chi connectivity index (χ1) is 20.2. The van der Waals surface area contributed by atoms with Crippen LogP contribution in [0.3, 0.4) is 0 Å². The Morgan fingerprint density at radius 3 is 2.00 bits per heavy atom. The summed E-state index contributed by atoms with van der Waals surface area (Å²) in [6, 6.07) is 9.24. The fraction of sp³-hybridized carbons (Fsp3) is 0.379. The summed E-state index contributed by atoms with van der Waals surface area (Å²) < 4.78 is 21.2. The fourth-order valence-corrected chi connectivity index (χ4v) is 3.76. The third-order valence-corrected chi connectivity index (χ3v) is 5.25. The summed E-state index contributed by atoms with van der Waals surface area (Å²) in [5.41, 5.74) is 12.7. The van der Waals surface area contributed by atoms with Gasteiger partial charge in [0.1, 0.15) is 0 Å².